The number of nitriles is 1. The normalized spacial score (nSPS) is 16.4. The van der Waals surface area contributed by atoms with Crippen LogP contribution in [0, 0.1) is 18.3 Å². The Morgan fingerprint density at radius 2 is 2.18 bits per heavy atom. The van der Waals surface area contributed by atoms with Gasteiger partial charge in [0.15, 0.2) is 5.82 Å². The number of piperidine rings is 1. The monoisotopic (exact) mass is 451 g/mol. The highest BCUT2D eigenvalue weighted by molar-refractivity contribution is 5.74. The Labute approximate surface area is 195 Å². The number of phenolic OH excluding ortho intramolecular Hbond substituents is 1. The number of hydrogen-bond acceptors (Lipinski definition) is 8. The minimum Gasteiger partial charge on any atom is -0.507 e. The standard InChI is InChI=1S/C25H33N5O3/c1-5-33-23(32)10-12-30-11-6-7-19(15-30)27-25-21(14-26)17(4)24(28-29-25)20-9-8-18(16(2)3)13-22(20)31/h8-9,13,16,19,31H,5-7,10-12,15H2,1-4H3,(H,27,29)/t19-/m1/s1. The molecule has 8 nitrogen and oxygen atoms in total. The van der Waals surface area contributed by atoms with E-state index in [1.54, 1.807) is 6.07 Å². The van der Waals surface area contributed by atoms with Crippen LogP contribution in [0.25, 0.3) is 11.3 Å². The van der Waals surface area contributed by atoms with E-state index in [2.05, 4.69) is 40.3 Å². The van der Waals surface area contributed by atoms with Gasteiger partial charge in [-0.3, -0.25) is 4.79 Å². The van der Waals surface area contributed by atoms with Crippen LogP contribution in [0.15, 0.2) is 18.2 Å². The molecule has 3 rings (SSSR count). The summed E-state index contributed by atoms with van der Waals surface area (Å²) in [5.74, 6) is 0.703. The lowest BCUT2D eigenvalue weighted by molar-refractivity contribution is -0.143. The number of benzene rings is 1. The van der Waals surface area contributed by atoms with Crippen molar-refractivity contribution in [2.45, 2.75) is 58.9 Å². The number of nitrogens with one attached hydrogen (secondary N) is 1. The number of carbonyl (C=O) groups is 1. The van der Waals surface area contributed by atoms with Crippen LogP contribution in [0.5, 0.6) is 5.75 Å². The first-order valence-electron chi connectivity index (χ1n) is 11.6. The maximum absolute atomic E-state index is 11.7. The van der Waals surface area contributed by atoms with Gasteiger partial charge in [-0.1, -0.05) is 19.9 Å². The number of carbonyl (C=O) groups excluding carboxylic acids is 1. The lowest BCUT2D eigenvalue weighted by Gasteiger charge is -2.33. The molecule has 0 bridgehead atoms. The van der Waals surface area contributed by atoms with Crippen molar-refractivity contribution in [2.75, 3.05) is 31.6 Å². The summed E-state index contributed by atoms with van der Waals surface area (Å²) in [6.07, 6.45) is 2.31. The van der Waals surface area contributed by atoms with E-state index in [1.165, 1.54) is 0 Å². The van der Waals surface area contributed by atoms with Gasteiger partial charge in [0, 0.05) is 24.7 Å². The van der Waals surface area contributed by atoms with Gasteiger partial charge in [0.25, 0.3) is 0 Å². The van der Waals surface area contributed by atoms with Crippen molar-refractivity contribution in [3.8, 4) is 23.1 Å². The first kappa shape index (κ1) is 24.5. The molecule has 2 heterocycles. The largest absolute Gasteiger partial charge is 0.507 e. The fourth-order valence-corrected chi connectivity index (χ4v) is 4.18. The van der Waals surface area contributed by atoms with Crippen molar-refractivity contribution in [2.24, 2.45) is 0 Å². The minimum absolute atomic E-state index is 0.103. The molecule has 176 valence electrons. The third kappa shape index (κ3) is 5.99. The van der Waals surface area contributed by atoms with Crippen molar-refractivity contribution in [3.05, 3.63) is 34.9 Å². The summed E-state index contributed by atoms with van der Waals surface area (Å²) in [4.78, 5) is 13.9. The first-order chi connectivity index (χ1) is 15.8. The van der Waals surface area contributed by atoms with E-state index < -0.39 is 0 Å². The zero-order chi connectivity index (χ0) is 24.0. The second kappa shape index (κ2) is 11.1. The van der Waals surface area contributed by atoms with Crippen LogP contribution in [0.3, 0.4) is 0 Å². The van der Waals surface area contributed by atoms with Gasteiger partial charge in [0.05, 0.1) is 13.0 Å². The SMILES string of the molecule is CCOC(=O)CCN1CCC[C@@H](Nc2nnc(-c3ccc(C(C)C)cc3O)c(C)c2C#N)C1. The van der Waals surface area contributed by atoms with Crippen LogP contribution >= 0.6 is 0 Å². The predicted molar refractivity (Wildman–Crippen MR) is 127 cm³/mol. The molecule has 1 aliphatic heterocycles. The molecule has 1 aromatic heterocycles. The molecular formula is C25H33N5O3. The van der Waals surface area contributed by atoms with Gasteiger partial charge < -0.3 is 20.1 Å². The van der Waals surface area contributed by atoms with Crippen molar-refractivity contribution < 1.29 is 14.6 Å². The zero-order valence-corrected chi connectivity index (χ0v) is 19.9. The molecule has 2 N–H and O–H groups in total. The van der Waals surface area contributed by atoms with Crippen LogP contribution < -0.4 is 5.32 Å². The average Bonchev–Trinajstić information content (AvgIpc) is 2.79. The molecule has 0 amide bonds. The fraction of sp³-hybridized carbons (Fsp3) is 0.520. The summed E-state index contributed by atoms with van der Waals surface area (Å²) in [7, 11) is 0. The van der Waals surface area contributed by atoms with E-state index in [4.69, 9.17) is 4.74 Å². The smallest absolute Gasteiger partial charge is 0.307 e. The quantitative estimate of drug-likeness (QED) is 0.580. The summed E-state index contributed by atoms with van der Waals surface area (Å²) in [6.45, 7) is 10.5. The molecule has 0 unspecified atom stereocenters. The highest BCUT2D eigenvalue weighted by Gasteiger charge is 2.24. The molecule has 1 aliphatic rings. The zero-order valence-electron chi connectivity index (χ0n) is 19.9. The van der Waals surface area contributed by atoms with Crippen molar-refractivity contribution in [1.29, 1.82) is 5.26 Å². The fourth-order valence-electron chi connectivity index (χ4n) is 4.18. The third-order valence-corrected chi connectivity index (χ3v) is 6.06. The molecule has 8 heteroatoms. The summed E-state index contributed by atoms with van der Waals surface area (Å²) < 4.78 is 5.02. The van der Waals surface area contributed by atoms with Gasteiger partial charge in [-0.2, -0.15) is 5.26 Å². The number of ether oxygens (including phenoxy) is 1. The van der Waals surface area contributed by atoms with Crippen molar-refractivity contribution in [3.63, 3.8) is 0 Å². The van der Waals surface area contributed by atoms with Gasteiger partial charge >= 0.3 is 5.97 Å². The number of aromatic hydroxyl groups is 1. The number of esters is 1. The third-order valence-electron chi connectivity index (χ3n) is 6.06. The molecular weight excluding hydrogens is 418 g/mol. The van der Waals surface area contributed by atoms with Gasteiger partial charge in [-0.15, -0.1) is 10.2 Å². The lowest BCUT2D eigenvalue weighted by Crippen LogP contribution is -2.43. The summed E-state index contributed by atoms with van der Waals surface area (Å²) in [5, 5.41) is 32.5. The highest BCUT2D eigenvalue weighted by Crippen LogP contribution is 2.34. The maximum Gasteiger partial charge on any atom is 0.307 e. The molecule has 0 spiro atoms. The van der Waals surface area contributed by atoms with Crippen molar-refractivity contribution in [1.82, 2.24) is 15.1 Å². The van der Waals surface area contributed by atoms with Gasteiger partial charge in [-0.05, 0) is 62.4 Å². The first-order valence-corrected chi connectivity index (χ1v) is 11.6. The second-order valence-electron chi connectivity index (χ2n) is 8.78. The molecule has 0 aliphatic carbocycles. The Kier molecular flexibility index (Phi) is 8.23. The minimum atomic E-state index is -0.180. The van der Waals surface area contributed by atoms with Gasteiger partial charge in [0.2, 0.25) is 0 Å². The number of aromatic nitrogens is 2. The second-order valence-corrected chi connectivity index (χ2v) is 8.78. The summed E-state index contributed by atoms with van der Waals surface area (Å²) >= 11 is 0. The summed E-state index contributed by atoms with van der Waals surface area (Å²) in [5.41, 5.74) is 3.21. The molecule has 0 radical (unpaired) electrons. The molecule has 1 aromatic carbocycles. The molecule has 2 aromatic rings. The number of phenols is 1. The molecule has 1 fully saturated rings. The average molecular weight is 452 g/mol. The number of rotatable bonds is 8. The van der Waals surface area contributed by atoms with Crippen LogP contribution in [0.4, 0.5) is 5.82 Å². The number of nitrogens with zero attached hydrogens (tertiary/aromatic N) is 4. The Morgan fingerprint density at radius 1 is 1.39 bits per heavy atom. The van der Waals surface area contributed by atoms with Crippen LogP contribution in [0.1, 0.15) is 62.6 Å². The van der Waals surface area contributed by atoms with Gasteiger partial charge in [-0.25, -0.2) is 0 Å². The number of likely N-dealkylation sites (tertiary alicyclic amines) is 1. The van der Waals surface area contributed by atoms with Gasteiger partial charge in [0.1, 0.15) is 23.1 Å². The Morgan fingerprint density at radius 3 is 2.85 bits per heavy atom. The van der Waals surface area contributed by atoms with E-state index >= 15 is 0 Å². The van der Waals surface area contributed by atoms with E-state index in [0.717, 1.165) is 31.5 Å². The molecule has 1 atom stereocenters. The highest BCUT2D eigenvalue weighted by atomic mass is 16.5. The van der Waals surface area contributed by atoms with E-state index in [-0.39, 0.29) is 17.8 Å². The van der Waals surface area contributed by atoms with E-state index in [9.17, 15) is 15.2 Å². The lowest BCUT2D eigenvalue weighted by atomic mass is 9.97. The molecule has 0 saturated carbocycles. The summed E-state index contributed by atoms with van der Waals surface area (Å²) in [6, 6.07) is 7.90. The molecule has 1 saturated heterocycles. The number of hydrogen-bond donors (Lipinski definition) is 2. The molecule has 33 heavy (non-hydrogen) atoms. The number of anilines is 1. The topological polar surface area (TPSA) is 111 Å². The Balaban J connectivity index is 1.75. The Hall–Kier alpha value is -3.18. The predicted octanol–water partition coefficient (Wildman–Crippen LogP) is 3.98. The Bertz CT molecular complexity index is 1030. The van der Waals surface area contributed by atoms with Crippen LogP contribution in [0.2, 0.25) is 0 Å². The van der Waals surface area contributed by atoms with Crippen LogP contribution in [-0.2, 0) is 9.53 Å². The maximum atomic E-state index is 11.7. The van der Waals surface area contributed by atoms with E-state index in [0.29, 0.717) is 53.7 Å². The van der Waals surface area contributed by atoms with E-state index in [1.807, 2.05) is 26.0 Å². The van der Waals surface area contributed by atoms with Crippen molar-refractivity contribution >= 4 is 11.8 Å². The van der Waals surface area contributed by atoms with Crippen LogP contribution in [-0.4, -0.2) is 58.5 Å².